The Morgan fingerprint density at radius 2 is 1.45 bits per heavy atom. The first-order chi connectivity index (χ1) is 4.81. The highest BCUT2D eigenvalue weighted by Crippen LogP contribution is 2.29. The molecule has 0 fully saturated rings. The fraction of sp³-hybridized carbons (Fsp3) is 1.00. The Morgan fingerprint density at radius 3 is 1.45 bits per heavy atom. The molecule has 0 aliphatic heterocycles. The Bertz CT molecular complexity index is 96.3. The van der Waals surface area contributed by atoms with Crippen molar-refractivity contribution in [3.8, 4) is 0 Å². The minimum Gasteiger partial charge on any atom is -0.318 e. The van der Waals surface area contributed by atoms with Gasteiger partial charge in [0, 0.05) is 0 Å². The van der Waals surface area contributed by atoms with E-state index >= 15 is 0 Å². The van der Waals surface area contributed by atoms with E-state index in [4.69, 9.17) is 5.73 Å². The van der Waals surface area contributed by atoms with Gasteiger partial charge in [-0.2, -0.15) is 13.2 Å². The van der Waals surface area contributed by atoms with Crippen LogP contribution in [-0.4, -0.2) is 11.7 Å². The van der Waals surface area contributed by atoms with Crippen LogP contribution in [0.2, 0.25) is 0 Å². The maximum absolute atomic E-state index is 11.7. The SMILES string of the molecule is CC.CCC(C)(N)C(F)(F)F. The van der Waals surface area contributed by atoms with Gasteiger partial charge in [-0.15, -0.1) is 0 Å². The molecule has 1 unspecified atom stereocenters. The molecule has 4 heteroatoms. The van der Waals surface area contributed by atoms with Crippen molar-refractivity contribution in [2.24, 2.45) is 5.73 Å². The Labute approximate surface area is 65.8 Å². The topological polar surface area (TPSA) is 26.0 Å². The van der Waals surface area contributed by atoms with Gasteiger partial charge in [-0.1, -0.05) is 20.8 Å². The third-order valence-corrected chi connectivity index (χ3v) is 1.38. The van der Waals surface area contributed by atoms with Crippen LogP contribution in [-0.2, 0) is 0 Å². The summed E-state index contributed by atoms with van der Waals surface area (Å²) in [5.41, 5.74) is 2.85. The Kier molecular flexibility index (Phi) is 5.57. The minimum atomic E-state index is -4.28. The fourth-order valence-corrected chi connectivity index (χ4v) is 0.200. The zero-order valence-electron chi connectivity index (χ0n) is 7.42. The van der Waals surface area contributed by atoms with Crippen LogP contribution in [0.4, 0.5) is 13.2 Å². The van der Waals surface area contributed by atoms with Gasteiger partial charge in [-0.05, 0) is 13.3 Å². The molecule has 0 aliphatic carbocycles. The number of hydrogen-bond acceptors (Lipinski definition) is 1. The van der Waals surface area contributed by atoms with Gasteiger partial charge < -0.3 is 5.73 Å². The van der Waals surface area contributed by atoms with E-state index in [1.54, 1.807) is 0 Å². The summed E-state index contributed by atoms with van der Waals surface area (Å²) < 4.78 is 35.1. The second kappa shape index (κ2) is 4.59. The molecule has 0 aliphatic rings. The second-order valence-corrected chi connectivity index (χ2v) is 2.27. The molecule has 0 aromatic rings. The summed E-state index contributed by atoms with van der Waals surface area (Å²) in [6.07, 6.45) is -4.36. The first-order valence-electron chi connectivity index (χ1n) is 3.67. The van der Waals surface area contributed by atoms with Crippen LogP contribution in [0.25, 0.3) is 0 Å². The molecule has 70 valence electrons. The molecule has 0 spiro atoms. The van der Waals surface area contributed by atoms with Crippen molar-refractivity contribution in [3.05, 3.63) is 0 Å². The monoisotopic (exact) mass is 171 g/mol. The third-order valence-electron chi connectivity index (χ3n) is 1.38. The molecule has 0 amide bonds. The van der Waals surface area contributed by atoms with Crippen molar-refractivity contribution in [1.29, 1.82) is 0 Å². The van der Waals surface area contributed by atoms with E-state index in [-0.39, 0.29) is 6.42 Å². The van der Waals surface area contributed by atoms with E-state index in [2.05, 4.69) is 0 Å². The molecule has 0 heterocycles. The molecule has 0 saturated carbocycles. The average molecular weight is 171 g/mol. The molecule has 0 bridgehead atoms. The van der Waals surface area contributed by atoms with Gasteiger partial charge >= 0.3 is 6.18 Å². The third kappa shape index (κ3) is 4.24. The summed E-state index contributed by atoms with van der Waals surface area (Å²) in [5.74, 6) is 0. The van der Waals surface area contributed by atoms with E-state index in [9.17, 15) is 13.2 Å². The number of hydrogen-bond donors (Lipinski definition) is 1. The first kappa shape index (κ1) is 13.3. The zero-order chi connectivity index (χ0) is 9.71. The van der Waals surface area contributed by atoms with Gasteiger partial charge in [0.05, 0.1) is 0 Å². The lowest BCUT2D eigenvalue weighted by molar-refractivity contribution is -0.181. The summed E-state index contributed by atoms with van der Waals surface area (Å²) >= 11 is 0. The van der Waals surface area contributed by atoms with Crippen LogP contribution in [0.3, 0.4) is 0 Å². The number of nitrogens with two attached hydrogens (primary N) is 1. The van der Waals surface area contributed by atoms with Crippen LogP contribution >= 0.6 is 0 Å². The zero-order valence-corrected chi connectivity index (χ0v) is 7.42. The normalized spacial score (nSPS) is 16.4. The first-order valence-corrected chi connectivity index (χ1v) is 3.67. The summed E-state index contributed by atoms with van der Waals surface area (Å²) in [7, 11) is 0. The molecule has 11 heavy (non-hydrogen) atoms. The lowest BCUT2D eigenvalue weighted by atomic mass is 10.0. The van der Waals surface area contributed by atoms with Crippen molar-refractivity contribution in [1.82, 2.24) is 0 Å². The van der Waals surface area contributed by atoms with Gasteiger partial charge in [0.15, 0.2) is 0 Å². The summed E-state index contributed by atoms with van der Waals surface area (Å²) in [5, 5.41) is 0. The molecule has 1 atom stereocenters. The van der Waals surface area contributed by atoms with Crippen molar-refractivity contribution in [3.63, 3.8) is 0 Å². The second-order valence-electron chi connectivity index (χ2n) is 2.27. The van der Waals surface area contributed by atoms with Gasteiger partial charge in [-0.25, -0.2) is 0 Å². The molecule has 0 radical (unpaired) electrons. The summed E-state index contributed by atoms with van der Waals surface area (Å²) in [6.45, 7) is 6.39. The smallest absolute Gasteiger partial charge is 0.318 e. The molecule has 0 saturated heterocycles. The van der Waals surface area contributed by atoms with Gasteiger partial charge in [0.25, 0.3) is 0 Å². The fourth-order valence-electron chi connectivity index (χ4n) is 0.200. The number of rotatable bonds is 1. The van der Waals surface area contributed by atoms with Crippen molar-refractivity contribution >= 4 is 0 Å². The molecular weight excluding hydrogens is 155 g/mol. The van der Waals surface area contributed by atoms with Crippen LogP contribution in [0.5, 0.6) is 0 Å². The van der Waals surface area contributed by atoms with Crippen LogP contribution in [0, 0.1) is 0 Å². The molecule has 1 nitrogen and oxygen atoms in total. The van der Waals surface area contributed by atoms with Gasteiger partial charge in [0.1, 0.15) is 5.54 Å². The largest absolute Gasteiger partial charge is 0.406 e. The van der Waals surface area contributed by atoms with Crippen molar-refractivity contribution < 1.29 is 13.2 Å². The highest BCUT2D eigenvalue weighted by Gasteiger charge is 2.46. The Balaban J connectivity index is 0. The van der Waals surface area contributed by atoms with E-state index in [0.29, 0.717) is 0 Å². The number of alkyl halides is 3. The van der Waals surface area contributed by atoms with Gasteiger partial charge in [0.2, 0.25) is 0 Å². The highest BCUT2D eigenvalue weighted by molar-refractivity contribution is 4.84. The van der Waals surface area contributed by atoms with Crippen LogP contribution < -0.4 is 5.73 Å². The van der Waals surface area contributed by atoms with Crippen molar-refractivity contribution in [2.75, 3.05) is 0 Å². The van der Waals surface area contributed by atoms with E-state index < -0.39 is 11.7 Å². The summed E-state index contributed by atoms with van der Waals surface area (Å²) in [6, 6.07) is 0. The minimum absolute atomic E-state index is 0.0868. The molecular formula is C7H16F3N. The molecule has 2 N–H and O–H groups in total. The molecule has 0 rings (SSSR count). The maximum Gasteiger partial charge on any atom is 0.406 e. The number of halogens is 3. The lowest BCUT2D eigenvalue weighted by Gasteiger charge is -2.25. The molecule has 0 aromatic carbocycles. The summed E-state index contributed by atoms with van der Waals surface area (Å²) in [4.78, 5) is 0. The predicted octanol–water partition coefficient (Wildman–Crippen LogP) is 2.70. The highest BCUT2D eigenvalue weighted by atomic mass is 19.4. The Hall–Kier alpha value is -0.250. The van der Waals surface area contributed by atoms with E-state index in [0.717, 1.165) is 6.92 Å². The van der Waals surface area contributed by atoms with Gasteiger partial charge in [-0.3, -0.25) is 0 Å². The quantitative estimate of drug-likeness (QED) is 0.645. The van der Waals surface area contributed by atoms with Crippen molar-refractivity contribution in [2.45, 2.75) is 45.8 Å². The lowest BCUT2D eigenvalue weighted by Crippen LogP contribution is -2.49. The standard InChI is InChI=1S/C5H10F3N.C2H6/c1-3-4(2,9)5(6,7)8;1-2/h3,9H2,1-2H3;1-2H3. The average Bonchev–Trinajstić information content (AvgIpc) is 1.90. The van der Waals surface area contributed by atoms with E-state index in [1.165, 1.54) is 6.92 Å². The maximum atomic E-state index is 11.7. The predicted molar refractivity (Wildman–Crippen MR) is 40.3 cm³/mol. The van der Waals surface area contributed by atoms with E-state index in [1.807, 2.05) is 13.8 Å². The Morgan fingerprint density at radius 1 is 1.18 bits per heavy atom. The molecule has 0 aromatic heterocycles. The van der Waals surface area contributed by atoms with Crippen LogP contribution in [0.15, 0.2) is 0 Å². The van der Waals surface area contributed by atoms with Crippen LogP contribution in [0.1, 0.15) is 34.1 Å².